The standard InChI is InChI=1S/C19H28N4OS/c1-2-6-21-8-10-22(11-9-21)7-5-20-19(24)17-12-15-13-23(16-3-4-16)14-18(15)25-17/h12-14,16H,2-11H2,1H3,(H,20,24). The molecule has 3 heterocycles. The summed E-state index contributed by atoms with van der Waals surface area (Å²) in [6.45, 7) is 9.67. The molecule has 0 atom stereocenters. The van der Waals surface area contributed by atoms with E-state index in [0.717, 1.165) is 44.1 Å². The number of nitrogens with one attached hydrogen (secondary N) is 1. The molecule has 0 aromatic carbocycles. The molecule has 1 saturated carbocycles. The summed E-state index contributed by atoms with van der Waals surface area (Å²) in [5, 5.41) is 4.30. The van der Waals surface area contributed by atoms with E-state index in [1.54, 1.807) is 11.3 Å². The van der Waals surface area contributed by atoms with Crippen molar-refractivity contribution in [1.82, 2.24) is 19.7 Å². The van der Waals surface area contributed by atoms with Crippen LogP contribution in [0, 0.1) is 0 Å². The fourth-order valence-corrected chi connectivity index (χ4v) is 4.61. The zero-order valence-electron chi connectivity index (χ0n) is 15.0. The number of piperazine rings is 1. The van der Waals surface area contributed by atoms with Gasteiger partial charge in [-0.05, 0) is 31.9 Å². The molecule has 2 aromatic rings. The molecule has 0 radical (unpaired) electrons. The van der Waals surface area contributed by atoms with Gasteiger partial charge < -0.3 is 14.8 Å². The number of rotatable bonds is 7. The molecular formula is C19H28N4OS. The number of amides is 1. The molecule has 1 amide bonds. The van der Waals surface area contributed by atoms with Gasteiger partial charge in [0.25, 0.3) is 5.91 Å². The Morgan fingerprint density at radius 3 is 2.52 bits per heavy atom. The fraction of sp³-hybridized carbons (Fsp3) is 0.632. The minimum Gasteiger partial charge on any atom is -0.350 e. The number of hydrogen-bond acceptors (Lipinski definition) is 4. The molecule has 0 spiro atoms. The van der Waals surface area contributed by atoms with Crippen LogP contribution in [0.4, 0.5) is 0 Å². The molecule has 2 aromatic heterocycles. The topological polar surface area (TPSA) is 40.5 Å². The third-order valence-corrected chi connectivity index (χ3v) is 6.34. The smallest absolute Gasteiger partial charge is 0.261 e. The highest BCUT2D eigenvalue weighted by Crippen LogP contribution is 2.38. The van der Waals surface area contributed by atoms with Crippen LogP contribution in [0.3, 0.4) is 0 Å². The van der Waals surface area contributed by atoms with Gasteiger partial charge in [0.15, 0.2) is 0 Å². The first-order valence-electron chi connectivity index (χ1n) is 9.57. The van der Waals surface area contributed by atoms with Crippen molar-refractivity contribution in [3.8, 4) is 0 Å². The number of hydrogen-bond donors (Lipinski definition) is 1. The first-order chi connectivity index (χ1) is 12.2. The van der Waals surface area contributed by atoms with Gasteiger partial charge in [-0.3, -0.25) is 9.69 Å². The maximum absolute atomic E-state index is 12.4. The number of thiophene rings is 1. The number of aromatic nitrogens is 1. The Labute approximate surface area is 153 Å². The normalized spacial score (nSPS) is 19.6. The van der Waals surface area contributed by atoms with E-state index in [2.05, 4.69) is 39.0 Å². The second-order valence-electron chi connectivity index (χ2n) is 7.31. The predicted molar refractivity (Wildman–Crippen MR) is 104 cm³/mol. The van der Waals surface area contributed by atoms with Crippen LogP contribution in [0.2, 0.25) is 0 Å². The Balaban J connectivity index is 1.23. The molecule has 25 heavy (non-hydrogen) atoms. The van der Waals surface area contributed by atoms with Crippen LogP contribution in [0.1, 0.15) is 41.9 Å². The van der Waals surface area contributed by atoms with Gasteiger partial charge in [0.1, 0.15) is 0 Å². The van der Waals surface area contributed by atoms with Crippen molar-refractivity contribution in [1.29, 1.82) is 0 Å². The zero-order valence-corrected chi connectivity index (χ0v) is 15.9. The van der Waals surface area contributed by atoms with Crippen LogP contribution in [0.15, 0.2) is 18.5 Å². The molecule has 5 nitrogen and oxygen atoms in total. The van der Waals surface area contributed by atoms with Crippen molar-refractivity contribution in [3.05, 3.63) is 23.3 Å². The molecule has 1 aliphatic carbocycles. The predicted octanol–water partition coefficient (Wildman–Crippen LogP) is 2.80. The van der Waals surface area contributed by atoms with Crippen molar-refractivity contribution in [3.63, 3.8) is 0 Å². The van der Waals surface area contributed by atoms with Crippen molar-refractivity contribution < 1.29 is 4.79 Å². The van der Waals surface area contributed by atoms with Crippen molar-refractivity contribution in [2.24, 2.45) is 0 Å². The Morgan fingerprint density at radius 2 is 1.88 bits per heavy atom. The lowest BCUT2D eigenvalue weighted by atomic mass is 10.3. The highest BCUT2D eigenvalue weighted by molar-refractivity contribution is 7.20. The molecule has 0 unspecified atom stereocenters. The van der Waals surface area contributed by atoms with Gasteiger partial charge in [-0.1, -0.05) is 6.92 Å². The first-order valence-corrected chi connectivity index (χ1v) is 10.4. The Kier molecular flexibility index (Phi) is 5.10. The summed E-state index contributed by atoms with van der Waals surface area (Å²) in [5.74, 6) is 0.0730. The molecule has 0 bridgehead atoms. The van der Waals surface area contributed by atoms with Gasteiger partial charge in [-0.25, -0.2) is 0 Å². The van der Waals surface area contributed by atoms with E-state index in [9.17, 15) is 4.79 Å². The first kappa shape index (κ1) is 17.1. The van der Waals surface area contributed by atoms with E-state index in [1.807, 2.05) is 6.07 Å². The fourth-order valence-electron chi connectivity index (χ4n) is 3.62. The number of carbonyl (C=O) groups excluding carboxylic acids is 1. The van der Waals surface area contributed by atoms with Gasteiger partial charge in [-0.15, -0.1) is 11.3 Å². The summed E-state index contributed by atoms with van der Waals surface area (Å²) in [4.78, 5) is 18.2. The molecule has 2 fully saturated rings. The van der Waals surface area contributed by atoms with Crippen LogP contribution >= 0.6 is 11.3 Å². The molecule has 4 rings (SSSR count). The van der Waals surface area contributed by atoms with Crippen molar-refractivity contribution in [2.45, 2.75) is 32.2 Å². The lowest BCUT2D eigenvalue weighted by Gasteiger charge is -2.34. The van der Waals surface area contributed by atoms with Gasteiger partial charge in [-0.2, -0.15) is 0 Å². The number of carbonyl (C=O) groups is 1. The van der Waals surface area contributed by atoms with E-state index in [-0.39, 0.29) is 5.91 Å². The van der Waals surface area contributed by atoms with E-state index >= 15 is 0 Å². The van der Waals surface area contributed by atoms with Crippen LogP contribution in [-0.4, -0.2) is 66.1 Å². The van der Waals surface area contributed by atoms with Crippen LogP contribution in [-0.2, 0) is 0 Å². The number of fused-ring (bicyclic) bond motifs is 1. The quantitative estimate of drug-likeness (QED) is 0.825. The summed E-state index contributed by atoms with van der Waals surface area (Å²) in [5.41, 5.74) is 0. The maximum Gasteiger partial charge on any atom is 0.261 e. The summed E-state index contributed by atoms with van der Waals surface area (Å²) < 4.78 is 3.53. The SMILES string of the molecule is CCCN1CCN(CCNC(=O)c2cc3cn(C4CC4)cc3s2)CC1. The van der Waals surface area contributed by atoms with E-state index in [4.69, 9.17) is 0 Å². The Hall–Kier alpha value is -1.37. The van der Waals surface area contributed by atoms with Crippen LogP contribution < -0.4 is 5.32 Å². The monoisotopic (exact) mass is 360 g/mol. The van der Waals surface area contributed by atoms with E-state index in [1.165, 1.54) is 35.9 Å². The van der Waals surface area contributed by atoms with E-state index < -0.39 is 0 Å². The van der Waals surface area contributed by atoms with Crippen LogP contribution in [0.25, 0.3) is 10.1 Å². The molecule has 1 N–H and O–H groups in total. The lowest BCUT2D eigenvalue weighted by Crippen LogP contribution is -2.48. The lowest BCUT2D eigenvalue weighted by molar-refractivity contribution is 0.0940. The Bertz CT molecular complexity index is 693. The van der Waals surface area contributed by atoms with Crippen LogP contribution in [0.5, 0.6) is 0 Å². The Morgan fingerprint density at radius 1 is 1.16 bits per heavy atom. The minimum absolute atomic E-state index is 0.0730. The second kappa shape index (κ2) is 7.48. The summed E-state index contributed by atoms with van der Waals surface area (Å²) in [7, 11) is 0. The minimum atomic E-state index is 0.0730. The maximum atomic E-state index is 12.4. The second-order valence-corrected chi connectivity index (χ2v) is 8.39. The van der Waals surface area contributed by atoms with Gasteiger partial charge in [0, 0.05) is 63.1 Å². The average molecular weight is 361 g/mol. The molecule has 2 aliphatic rings. The molecule has 136 valence electrons. The molecule has 1 aliphatic heterocycles. The summed E-state index contributed by atoms with van der Waals surface area (Å²) in [6, 6.07) is 2.74. The van der Waals surface area contributed by atoms with Gasteiger partial charge in [0.05, 0.1) is 9.58 Å². The van der Waals surface area contributed by atoms with Gasteiger partial charge >= 0.3 is 0 Å². The average Bonchev–Trinajstić information content (AvgIpc) is 3.26. The summed E-state index contributed by atoms with van der Waals surface area (Å²) >= 11 is 1.61. The van der Waals surface area contributed by atoms with Crippen molar-refractivity contribution >= 4 is 27.3 Å². The molecule has 1 saturated heterocycles. The number of nitrogens with zero attached hydrogens (tertiary/aromatic N) is 3. The largest absolute Gasteiger partial charge is 0.350 e. The molecule has 6 heteroatoms. The van der Waals surface area contributed by atoms with Crippen molar-refractivity contribution in [2.75, 3.05) is 45.8 Å². The highest BCUT2D eigenvalue weighted by Gasteiger charge is 2.24. The molecular weight excluding hydrogens is 332 g/mol. The van der Waals surface area contributed by atoms with Gasteiger partial charge in [0.2, 0.25) is 0 Å². The zero-order chi connectivity index (χ0) is 17.2. The third-order valence-electron chi connectivity index (χ3n) is 5.26. The third kappa shape index (κ3) is 4.07. The van der Waals surface area contributed by atoms with E-state index in [0.29, 0.717) is 6.04 Å². The summed E-state index contributed by atoms with van der Waals surface area (Å²) in [6.07, 6.45) is 8.21. The highest BCUT2D eigenvalue weighted by atomic mass is 32.1.